The number of nitrogens with zero attached hydrogens (tertiary/aromatic N) is 4. The maximum Gasteiger partial charge on any atom is 0.0774 e. The van der Waals surface area contributed by atoms with Crippen LogP contribution in [0.15, 0.2) is 150 Å². The summed E-state index contributed by atoms with van der Waals surface area (Å²) in [7, 11) is 0. The number of imidazole rings is 1. The van der Waals surface area contributed by atoms with Crippen LogP contribution in [-0.4, -0.2) is 32.8 Å². The van der Waals surface area contributed by atoms with Crippen LogP contribution in [0.2, 0.25) is 17.3 Å². The Bertz CT molecular complexity index is 3120. The van der Waals surface area contributed by atoms with Crippen LogP contribution < -0.4 is 4.40 Å². The second kappa shape index (κ2) is 16.8. The van der Waals surface area contributed by atoms with Gasteiger partial charge in [0.15, 0.2) is 0 Å². The van der Waals surface area contributed by atoms with E-state index in [0.29, 0.717) is 11.6 Å². The summed E-state index contributed by atoms with van der Waals surface area (Å²) in [5, 5.41) is 3.20. The van der Waals surface area contributed by atoms with Crippen LogP contribution in [-0.2, 0) is 20.1 Å². The van der Waals surface area contributed by atoms with Gasteiger partial charge in [0.1, 0.15) is 0 Å². The molecule has 0 N–H and O–H groups in total. The molecule has 0 amide bonds. The summed E-state index contributed by atoms with van der Waals surface area (Å²) in [5.41, 5.74) is 15.0. The summed E-state index contributed by atoms with van der Waals surface area (Å²) in [6.07, 6.45) is 2.12. The van der Waals surface area contributed by atoms with Gasteiger partial charge in [0, 0.05) is 25.8 Å². The quantitative estimate of drug-likeness (QED) is 0.123. The average Bonchev–Trinajstić information content (AvgIpc) is 3.80. The maximum absolute atomic E-state index is 6.02. The first-order chi connectivity index (χ1) is 28.5. The molecule has 0 fully saturated rings. The van der Waals surface area contributed by atoms with Gasteiger partial charge < -0.3 is 4.57 Å². The number of furan rings is 1. The van der Waals surface area contributed by atoms with Crippen molar-refractivity contribution in [2.75, 3.05) is 0 Å². The predicted octanol–water partition coefficient (Wildman–Crippen LogP) is 13.4. The minimum Gasteiger partial charge on any atom is -0.333 e. The number of hydrogen-bond donors (Lipinski definition) is 0. The first kappa shape index (κ1) is 41.1. The number of fused-ring (bicyclic) bond motifs is 5. The molecular weight excluding hydrogens is 973 g/mol. The fourth-order valence-corrected chi connectivity index (χ4v) is 11.7. The molecule has 0 saturated carbocycles. The standard InChI is InChI=1S/C27H21N2.C26H25GeN2O.Ir/c1-19-17-23(21-11-5-3-6-12-21)18-20(2)26(19)29-25-16-10-9-15-24(25)28-27(29)22-13-7-4-8-14-22;1-16(2)19-14-24(28-15-22(19)27(3,4)5)18-10-11-25-20(12-18)21-13-17-8-6-7-9-23(17)29-26(21)30-25;/h3-13,15-18H,1-2H3;6-9,11-16H,1-5H3;/q2*-1;. The van der Waals surface area contributed by atoms with Crippen LogP contribution in [0.4, 0.5) is 0 Å². The van der Waals surface area contributed by atoms with Crippen molar-refractivity contribution in [2.24, 2.45) is 0 Å². The monoisotopic (exact) mass is 1020 g/mol. The zero-order valence-electron chi connectivity index (χ0n) is 35.0. The first-order valence-corrected chi connectivity index (χ1v) is 27.6. The normalized spacial score (nSPS) is 11.6. The zero-order valence-corrected chi connectivity index (χ0v) is 39.5. The Morgan fingerprint density at radius 1 is 0.667 bits per heavy atom. The summed E-state index contributed by atoms with van der Waals surface area (Å²) in [6, 6.07) is 54.8. The average molecular weight is 1020 g/mol. The van der Waals surface area contributed by atoms with Gasteiger partial charge in [-0.15, -0.1) is 35.9 Å². The van der Waals surface area contributed by atoms with Gasteiger partial charge in [-0.2, -0.15) is 0 Å². The number of rotatable bonds is 6. The van der Waals surface area contributed by atoms with Crippen molar-refractivity contribution in [3.8, 4) is 39.5 Å². The van der Waals surface area contributed by atoms with Crippen LogP contribution in [0.5, 0.6) is 0 Å². The van der Waals surface area contributed by atoms with E-state index in [1.165, 1.54) is 37.9 Å². The zero-order chi connectivity index (χ0) is 40.8. The molecule has 0 unspecified atom stereocenters. The van der Waals surface area contributed by atoms with Gasteiger partial charge in [-0.3, -0.25) is 4.98 Å². The van der Waals surface area contributed by atoms with E-state index >= 15 is 0 Å². The Hall–Kier alpha value is -5.66. The van der Waals surface area contributed by atoms with E-state index in [0.717, 1.165) is 60.9 Å². The van der Waals surface area contributed by atoms with E-state index in [2.05, 4.69) is 159 Å². The maximum atomic E-state index is 6.02. The Kier molecular flexibility index (Phi) is 11.5. The largest absolute Gasteiger partial charge is 0.333 e. The molecule has 0 aliphatic carbocycles. The number of benzene rings is 6. The van der Waals surface area contributed by atoms with Crippen molar-refractivity contribution in [1.82, 2.24) is 19.5 Å². The molecule has 10 aromatic rings. The Labute approximate surface area is 368 Å². The summed E-state index contributed by atoms with van der Waals surface area (Å²) in [4.78, 5) is 14.5. The van der Waals surface area contributed by atoms with E-state index in [4.69, 9.17) is 19.4 Å². The van der Waals surface area contributed by atoms with Crippen molar-refractivity contribution in [3.05, 3.63) is 175 Å². The number of hydrogen-bond acceptors (Lipinski definition) is 4. The number of para-hydroxylation sites is 3. The fraction of sp³-hybridized carbons (Fsp3) is 0.151. The van der Waals surface area contributed by atoms with Crippen molar-refractivity contribution in [3.63, 3.8) is 0 Å². The van der Waals surface area contributed by atoms with E-state index in [1.54, 1.807) is 0 Å². The van der Waals surface area contributed by atoms with Crippen LogP contribution in [0, 0.1) is 26.0 Å². The summed E-state index contributed by atoms with van der Waals surface area (Å²) in [5.74, 6) is 8.67. The van der Waals surface area contributed by atoms with E-state index in [9.17, 15) is 0 Å². The van der Waals surface area contributed by atoms with Crippen LogP contribution in [0.3, 0.4) is 0 Å². The predicted molar refractivity (Wildman–Crippen MR) is 248 cm³/mol. The number of aryl methyl sites for hydroxylation is 2. The Morgan fingerprint density at radius 2 is 1.37 bits per heavy atom. The van der Waals surface area contributed by atoms with Gasteiger partial charge in [-0.05, 0) is 60.4 Å². The van der Waals surface area contributed by atoms with Crippen molar-refractivity contribution in [1.29, 1.82) is 0 Å². The molecule has 0 saturated heterocycles. The van der Waals surface area contributed by atoms with Crippen molar-refractivity contribution < 1.29 is 24.5 Å². The minimum atomic E-state index is -1.99. The Morgan fingerprint density at radius 3 is 2.08 bits per heavy atom. The van der Waals surface area contributed by atoms with Gasteiger partial charge in [0.2, 0.25) is 0 Å². The van der Waals surface area contributed by atoms with Crippen LogP contribution in [0.1, 0.15) is 36.5 Å². The van der Waals surface area contributed by atoms with Crippen molar-refractivity contribution in [2.45, 2.75) is 50.9 Å². The second-order valence-electron chi connectivity index (χ2n) is 16.7. The molecule has 6 aromatic carbocycles. The van der Waals surface area contributed by atoms with Gasteiger partial charge in [-0.25, -0.2) is 0 Å². The molecular formula is C53H46GeIrN4O-2. The molecule has 0 aliphatic heterocycles. The topological polar surface area (TPSA) is 56.7 Å². The minimum absolute atomic E-state index is 0. The van der Waals surface area contributed by atoms with Gasteiger partial charge in [0.25, 0.3) is 0 Å². The van der Waals surface area contributed by atoms with Crippen molar-refractivity contribution >= 4 is 61.7 Å². The van der Waals surface area contributed by atoms with E-state index < -0.39 is 13.3 Å². The SMILES string of the molecule is CC(C)c1cc(-c2[c-]cc3oc4nc5ccccc5cc4c3c2)nc[c]1[Ge]([CH3])([CH3])[CH3].Cc1cc(-c2ccccc2)cc(C)c1-n1c(-c2[c-]cccc2)nc2ccccc21.[Ir]. The molecule has 5 nitrogen and oxygen atoms in total. The molecule has 0 bridgehead atoms. The molecule has 60 heavy (non-hydrogen) atoms. The van der Waals surface area contributed by atoms with Crippen LogP contribution >= 0.6 is 0 Å². The molecule has 4 heterocycles. The van der Waals surface area contributed by atoms with E-state index in [-0.39, 0.29) is 20.1 Å². The third-order valence-corrected chi connectivity index (χ3v) is 15.3. The third-order valence-electron chi connectivity index (χ3n) is 11.1. The molecule has 1 radical (unpaired) electrons. The number of aromatic nitrogens is 4. The molecule has 299 valence electrons. The van der Waals surface area contributed by atoms with Gasteiger partial charge >= 0.3 is 174 Å². The van der Waals surface area contributed by atoms with Gasteiger partial charge in [-0.1, -0.05) is 48.5 Å². The summed E-state index contributed by atoms with van der Waals surface area (Å²) in [6.45, 7) is 8.90. The summed E-state index contributed by atoms with van der Waals surface area (Å²) >= 11 is -1.99. The van der Waals surface area contributed by atoms with Gasteiger partial charge in [0.05, 0.1) is 16.9 Å². The molecule has 10 rings (SSSR count). The third kappa shape index (κ3) is 7.88. The first-order valence-electron chi connectivity index (χ1n) is 20.3. The molecule has 0 spiro atoms. The number of pyridine rings is 2. The van der Waals surface area contributed by atoms with Crippen LogP contribution in [0.25, 0.3) is 83.5 Å². The summed E-state index contributed by atoms with van der Waals surface area (Å²) < 4.78 is 9.79. The second-order valence-corrected chi connectivity index (χ2v) is 27.3. The molecule has 0 aliphatic rings. The molecule has 0 atom stereocenters. The van der Waals surface area contributed by atoms with E-state index in [1.807, 2.05) is 48.5 Å². The fourth-order valence-electron chi connectivity index (χ4n) is 8.19. The molecule has 4 aromatic heterocycles. The Balaban J connectivity index is 0.000000164. The molecule has 7 heteroatoms. The smallest absolute Gasteiger partial charge is 0.0774 e.